The Bertz CT molecular complexity index is 3840. The van der Waals surface area contributed by atoms with Gasteiger partial charge < -0.3 is 13.8 Å². The molecule has 0 amide bonds. The molecule has 2 aromatic heterocycles. The molecule has 2 aliphatic heterocycles. The Balaban J connectivity index is 1.14. The Hall–Kier alpha value is -6.78. The summed E-state index contributed by atoms with van der Waals surface area (Å²) in [6.45, 7) is 23.5. The number of nitrogens with zero attached hydrogens (tertiary/aromatic N) is 2. The molecule has 8 aromatic carbocycles. The third-order valence-corrected chi connectivity index (χ3v) is 16.5. The summed E-state index contributed by atoms with van der Waals surface area (Å²) in [5, 5.41) is 4.79. The van der Waals surface area contributed by atoms with Crippen molar-refractivity contribution in [3.63, 3.8) is 0 Å². The summed E-state index contributed by atoms with van der Waals surface area (Å²) in [5.74, 6) is 0. The summed E-state index contributed by atoms with van der Waals surface area (Å²) in [4.78, 5) is 2.72. The van der Waals surface area contributed by atoms with Gasteiger partial charge in [-0.1, -0.05) is 160 Å². The van der Waals surface area contributed by atoms with Crippen LogP contribution in [0.5, 0.6) is 0 Å². The van der Waals surface area contributed by atoms with Crippen LogP contribution in [-0.2, 0) is 21.7 Å². The first-order chi connectivity index (χ1) is 31.5. The zero-order valence-electron chi connectivity index (χ0n) is 39.7. The summed E-state index contributed by atoms with van der Waals surface area (Å²) in [7, 11) is 0. The maximum absolute atomic E-state index is 6.62. The average molecular weight is 853 g/mol. The number of anilines is 2. The van der Waals surface area contributed by atoms with Crippen molar-refractivity contribution >= 4 is 72.9 Å². The third-order valence-electron chi connectivity index (χ3n) is 16.5. The predicted molar refractivity (Wildman–Crippen MR) is 280 cm³/mol. The van der Waals surface area contributed by atoms with E-state index in [2.05, 4.69) is 218 Å². The van der Waals surface area contributed by atoms with Crippen LogP contribution in [0.3, 0.4) is 0 Å². The van der Waals surface area contributed by atoms with Gasteiger partial charge in [0.1, 0.15) is 11.2 Å². The van der Waals surface area contributed by atoms with E-state index in [-0.39, 0.29) is 28.5 Å². The molecule has 0 radical (unpaired) electrons. The average Bonchev–Trinajstić information content (AvgIpc) is 3.96. The number of fused-ring (bicyclic) bond motifs is 17. The molecular weight excluding hydrogens is 800 g/mol. The van der Waals surface area contributed by atoms with Gasteiger partial charge in [0, 0.05) is 55.0 Å². The number of hydrogen-bond acceptors (Lipinski definition) is 2. The summed E-state index contributed by atoms with van der Waals surface area (Å²) < 4.78 is 9.27. The highest BCUT2D eigenvalue weighted by Crippen LogP contribution is 2.56. The van der Waals surface area contributed by atoms with Crippen LogP contribution in [0.4, 0.5) is 11.4 Å². The van der Waals surface area contributed by atoms with E-state index in [1.54, 1.807) is 0 Å². The third kappa shape index (κ3) is 4.75. The molecule has 10 aromatic rings. The van der Waals surface area contributed by atoms with E-state index in [9.17, 15) is 0 Å². The Morgan fingerprint density at radius 3 is 1.86 bits per heavy atom. The molecule has 4 heterocycles. The molecule has 0 atom stereocenters. The highest BCUT2D eigenvalue weighted by atomic mass is 16.3. The first kappa shape index (κ1) is 38.5. The molecule has 66 heavy (non-hydrogen) atoms. The molecule has 14 rings (SSSR count). The number of furan rings is 1. The van der Waals surface area contributed by atoms with E-state index in [0.29, 0.717) is 0 Å². The lowest BCUT2D eigenvalue weighted by Crippen LogP contribution is -2.60. The van der Waals surface area contributed by atoms with Gasteiger partial charge in [0.05, 0.1) is 11.0 Å². The second-order valence-electron chi connectivity index (χ2n) is 23.0. The second kappa shape index (κ2) is 12.2. The van der Waals surface area contributed by atoms with Crippen LogP contribution in [0.2, 0.25) is 0 Å². The quantitative estimate of drug-likeness (QED) is 0.153. The zero-order valence-corrected chi connectivity index (χ0v) is 39.7. The largest absolute Gasteiger partial charge is 0.456 e. The van der Waals surface area contributed by atoms with Crippen LogP contribution in [0.25, 0.3) is 82.8 Å². The fourth-order valence-electron chi connectivity index (χ4n) is 12.9. The number of rotatable bonds is 1. The Morgan fingerprint density at radius 2 is 1.11 bits per heavy atom. The first-order valence-corrected chi connectivity index (χ1v) is 24.0. The van der Waals surface area contributed by atoms with Crippen molar-refractivity contribution in [1.29, 1.82) is 0 Å². The predicted octanol–water partition coefficient (Wildman–Crippen LogP) is 15.1. The maximum atomic E-state index is 6.62. The second-order valence-corrected chi connectivity index (χ2v) is 23.0. The number of benzene rings is 8. The molecule has 0 bridgehead atoms. The van der Waals surface area contributed by atoms with Gasteiger partial charge in [-0.15, -0.1) is 0 Å². The van der Waals surface area contributed by atoms with Gasteiger partial charge in [0.2, 0.25) is 0 Å². The minimum Gasteiger partial charge on any atom is -0.456 e. The normalized spacial score (nSPS) is 15.9. The number of hydrogen-bond donors (Lipinski definition) is 0. The van der Waals surface area contributed by atoms with Gasteiger partial charge in [-0.25, -0.2) is 0 Å². The highest BCUT2D eigenvalue weighted by Gasteiger charge is 2.48. The SMILES string of the molecule is CC(C)(C)c1ccc(N2B3c4cc5c(cc4-n4c6cc7c(cc6c6ccc(c3c64)-c3cc4c(cc32)C(C)(C)c2ccc(C(C)(C)C)cc2-4)oc2ccccc27)C(C)(C)c2ccccc2-5)cc1. The van der Waals surface area contributed by atoms with Crippen LogP contribution in [0, 0.1) is 0 Å². The van der Waals surface area contributed by atoms with Gasteiger partial charge in [-0.3, -0.25) is 0 Å². The molecule has 0 saturated heterocycles. The molecule has 4 aliphatic rings. The molecule has 2 aliphatic carbocycles. The van der Waals surface area contributed by atoms with E-state index in [1.165, 1.54) is 117 Å². The first-order valence-electron chi connectivity index (χ1n) is 24.0. The molecule has 0 fully saturated rings. The van der Waals surface area contributed by atoms with Crippen LogP contribution in [-0.4, -0.2) is 11.4 Å². The lowest BCUT2D eigenvalue weighted by atomic mass is 9.43. The van der Waals surface area contributed by atoms with Crippen molar-refractivity contribution in [2.24, 2.45) is 0 Å². The smallest absolute Gasteiger partial charge is 0.333 e. The van der Waals surface area contributed by atoms with Crippen molar-refractivity contribution in [1.82, 2.24) is 4.57 Å². The Morgan fingerprint density at radius 1 is 0.455 bits per heavy atom. The molecule has 0 unspecified atom stereocenters. The molecule has 0 spiro atoms. The molecule has 3 nitrogen and oxygen atoms in total. The van der Waals surface area contributed by atoms with Crippen LogP contribution < -0.4 is 15.7 Å². The van der Waals surface area contributed by atoms with E-state index in [0.717, 1.165) is 21.9 Å². The molecule has 4 heteroatoms. The van der Waals surface area contributed by atoms with Crippen molar-refractivity contribution < 1.29 is 4.42 Å². The van der Waals surface area contributed by atoms with Crippen molar-refractivity contribution in [2.75, 3.05) is 4.81 Å². The summed E-state index contributed by atoms with van der Waals surface area (Å²) in [5.41, 5.74) is 26.9. The van der Waals surface area contributed by atoms with Gasteiger partial charge in [-0.2, -0.15) is 0 Å². The Labute approximate surface area is 387 Å². The van der Waals surface area contributed by atoms with Crippen LogP contribution in [0.15, 0.2) is 144 Å². The Kier molecular flexibility index (Phi) is 7.09. The molecular formula is C62H53BN2O. The van der Waals surface area contributed by atoms with Crippen LogP contribution in [0.1, 0.15) is 103 Å². The minimum atomic E-state index is -0.170. The van der Waals surface area contributed by atoms with Gasteiger partial charge >= 0.3 is 6.85 Å². The fraction of sp³-hybridized carbons (Fsp3) is 0.226. The highest BCUT2D eigenvalue weighted by molar-refractivity contribution is 6.93. The van der Waals surface area contributed by atoms with Crippen molar-refractivity contribution in [3.8, 4) is 39.1 Å². The topological polar surface area (TPSA) is 21.3 Å². The monoisotopic (exact) mass is 852 g/mol. The van der Waals surface area contributed by atoms with E-state index >= 15 is 0 Å². The molecule has 320 valence electrons. The lowest BCUT2D eigenvalue weighted by Gasteiger charge is -2.43. The fourth-order valence-corrected chi connectivity index (χ4v) is 12.9. The van der Waals surface area contributed by atoms with Gasteiger partial charge in [0.15, 0.2) is 0 Å². The van der Waals surface area contributed by atoms with Gasteiger partial charge in [-0.05, 0) is 131 Å². The zero-order chi connectivity index (χ0) is 45.1. The summed E-state index contributed by atoms with van der Waals surface area (Å²) in [6.07, 6.45) is 0. The standard InChI is InChI=1S/C62H53BN2O/c1-59(2,3)34-19-22-36(23-20-34)65-53-32-49-42(41-27-35(60(4,5)6)21-26-48(41)62(49,9)10)28-44(53)39-24-25-40-45-31-56-46(38-16-12-14-18-55(38)66-56)30-52(45)64-54-33-50-43(29-51(54)63(65)57(39)58(40)64)37-15-11-13-17-47(37)61(50,7)8/h11-33H,1-10H3. The maximum Gasteiger partial charge on any atom is 0.333 e. The number of para-hydroxylation sites is 1. The molecule has 0 N–H and O–H groups in total. The van der Waals surface area contributed by atoms with Crippen LogP contribution >= 0.6 is 0 Å². The van der Waals surface area contributed by atoms with Gasteiger partial charge in [0.25, 0.3) is 0 Å². The van der Waals surface area contributed by atoms with Crippen molar-refractivity contribution in [3.05, 3.63) is 173 Å². The number of aromatic nitrogens is 1. The minimum absolute atomic E-state index is 0.0310. The van der Waals surface area contributed by atoms with Crippen molar-refractivity contribution in [2.45, 2.75) is 90.9 Å². The lowest BCUT2D eigenvalue weighted by molar-refractivity contribution is 0.589. The van der Waals surface area contributed by atoms with E-state index in [4.69, 9.17) is 4.42 Å². The summed E-state index contributed by atoms with van der Waals surface area (Å²) in [6, 6.07) is 54.3. The summed E-state index contributed by atoms with van der Waals surface area (Å²) >= 11 is 0. The molecule has 0 saturated carbocycles. The van der Waals surface area contributed by atoms with E-state index < -0.39 is 0 Å². The van der Waals surface area contributed by atoms with E-state index in [1.807, 2.05) is 0 Å².